The van der Waals surface area contributed by atoms with E-state index in [1.54, 1.807) is 0 Å². The van der Waals surface area contributed by atoms with Gasteiger partial charge in [0.2, 0.25) is 0 Å². The van der Waals surface area contributed by atoms with Gasteiger partial charge in [0.25, 0.3) is 0 Å². The van der Waals surface area contributed by atoms with Crippen LogP contribution in [0.1, 0.15) is 11.5 Å². The highest BCUT2D eigenvalue weighted by molar-refractivity contribution is 9.08. The minimum atomic E-state index is 0.417. The first-order chi connectivity index (χ1) is 4.36. The fourth-order valence-corrected chi connectivity index (χ4v) is 0.779. The highest BCUT2D eigenvalue weighted by Crippen LogP contribution is 2.05. The maximum atomic E-state index is 5.27. The molecule has 0 aliphatic rings. The Labute approximate surface area is 61.3 Å². The Hall–Kier alpha value is -0.350. The Bertz CT molecular complexity index is 168. The number of hydrogen-bond acceptors (Lipinski definition) is 3. The summed E-state index contributed by atoms with van der Waals surface area (Å²) in [6.45, 7) is 0.417. The molecule has 0 fully saturated rings. The van der Waals surface area contributed by atoms with E-state index in [1.807, 2.05) is 6.07 Å². The van der Waals surface area contributed by atoms with E-state index < -0.39 is 0 Å². The lowest BCUT2D eigenvalue weighted by molar-refractivity contribution is 0.381. The highest BCUT2D eigenvalue weighted by Gasteiger charge is 1.98. The summed E-state index contributed by atoms with van der Waals surface area (Å²) in [7, 11) is 0. The van der Waals surface area contributed by atoms with Gasteiger partial charge < -0.3 is 10.3 Å². The molecule has 0 unspecified atom stereocenters. The Morgan fingerprint density at radius 2 is 2.56 bits per heavy atom. The van der Waals surface area contributed by atoms with Crippen molar-refractivity contribution in [2.24, 2.45) is 5.73 Å². The Balaban J connectivity index is 2.74. The van der Waals surface area contributed by atoms with Gasteiger partial charge in [0.05, 0.1) is 12.2 Å². The van der Waals surface area contributed by atoms with Crippen molar-refractivity contribution in [1.82, 2.24) is 5.16 Å². The molecule has 0 radical (unpaired) electrons. The second-order valence-corrected chi connectivity index (χ2v) is 2.18. The molecule has 2 N–H and O–H groups in total. The maximum Gasteiger partial charge on any atom is 0.150 e. The number of aromatic nitrogens is 1. The van der Waals surface area contributed by atoms with E-state index >= 15 is 0 Å². The molecule has 1 aromatic heterocycles. The molecule has 0 atom stereocenters. The van der Waals surface area contributed by atoms with E-state index in [1.165, 1.54) is 0 Å². The zero-order valence-corrected chi connectivity index (χ0v) is 6.39. The molecule has 0 aromatic carbocycles. The number of rotatable bonds is 2. The summed E-state index contributed by atoms with van der Waals surface area (Å²) in [5.74, 6) is 0.726. The van der Waals surface area contributed by atoms with Crippen LogP contribution in [0.2, 0.25) is 0 Å². The fraction of sp³-hybridized carbons (Fsp3) is 0.400. The normalized spacial score (nSPS) is 10.0. The first-order valence-corrected chi connectivity index (χ1v) is 3.69. The van der Waals surface area contributed by atoms with Gasteiger partial charge in [-0.3, -0.25) is 0 Å². The summed E-state index contributed by atoms with van der Waals surface area (Å²) in [6, 6.07) is 1.83. The van der Waals surface area contributed by atoms with Crippen LogP contribution < -0.4 is 5.73 Å². The lowest BCUT2D eigenvalue weighted by Crippen LogP contribution is -1.92. The lowest BCUT2D eigenvalue weighted by atomic mass is 10.4. The van der Waals surface area contributed by atoms with Crippen molar-refractivity contribution in [3.63, 3.8) is 0 Å². The van der Waals surface area contributed by atoms with Crippen molar-refractivity contribution in [1.29, 1.82) is 0 Å². The lowest BCUT2D eigenvalue weighted by Gasteiger charge is -1.78. The molecule has 0 saturated heterocycles. The first-order valence-electron chi connectivity index (χ1n) is 2.57. The Morgan fingerprint density at radius 3 is 2.89 bits per heavy atom. The molecule has 4 heteroatoms. The number of halogens is 1. The number of nitrogens with zero attached hydrogens (tertiary/aromatic N) is 1. The predicted molar refractivity (Wildman–Crippen MR) is 37.0 cm³/mol. The van der Waals surface area contributed by atoms with Gasteiger partial charge in [-0.1, -0.05) is 21.1 Å². The van der Waals surface area contributed by atoms with Crippen LogP contribution >= 0.6 is 15.9 Å². The minimum Gasteiger partial charge on any atom is -0.360 e. The third-order valence-corrected chi connectivity index (χ3v) is 1.52. The predicted octanol–water partition coefficient (Wildman–Crippen LogP) is 1.03. The van der Waals surface area contributed by atoms with E-state index in [2.05, 4.69) is 21.1 Å². The van der Waals surface area contributed by atoms with Crippen LogP contribution in [0, 0.1) is 0 Å². The van der Waals surface area contributed by atoms with Gasteiger partial charge in [-0.2, -0.15) is 0 Å². The van der Waals surface area contributed by atoms with E-state index in [-0.39, 0.29) is 0 Å². The second kappa shape index (κ2) is 2.98. The zero-order chi connectivity index (χ0) is 6.69. The summed E-state index contributed by atoms with van der Waals surface area (Å²) in [5.41, 5.74) is 6.15. The average Bonchev–Trinajstić information content (AvgIpc) is 2.34. The van der Waals surface area contributed by atoms with Crippen LogP contribution in [0.25, 0.3) is 0 Å². The van der Waals surface area contributed by atoms with Crippen LogP contribution in [-0.2, 0) is 11.9 Å². The van der Waals surface area contributed by atoms with E-state index in [0.29, 0.717) is 6.54 Å². The number of nitrogens with two attached hydrogens (primary N) is 1. The molecule has 1 heterocycles. The molecule has 9 heavy (non-hydrogen) atoms. The maximum absolute atomic E-state index is 5.27. The standard InChI is InChI=1S/C5H7BrN2O/c6-2-4-1-5(3-7)9-8-4/h1H,2-3,7H2. The smallest absolute Gasteiger partial charge is 0.150 e. The SMILES string of the molecule is NCc1cc(CBr)no1. The molecule has 3 nitrogen and oxygen atoms in total. The van der Waals surface area contributed by atoms with Crippen LogP contribution in [0.15, 0.2) is 10.6 Å². The minimum absolute atomic E-state index is 0.417. The fourth-order valence-electron chi connectivity index (χ4n) is 0.515. The number of hydrogen-bond donors (Lipinski definition) is 1. The monoisotopic (exact) mass is 190 g/mol. The van der Waals surface area contributed by atoms with Crippen LogP contribution in [0.4, 0.5) is 0 Å². The van der Waals surface area contributed by atoms with Gasteiger partial charge in [-0.05, 0) is 0 Å². The topological polar surface area (TPSA) is 52.0 Å². The van der Waals surface area contributed by atoms with Gasteiger partial charge in [0.1, 0.15) is 0 Å². The quantitative estimate of drug-likeness (QED) is 0.710. The molecule has 0 saturated carbocycles. The molecular weight excluding hydrogens is 184 g/mol. The van der Waals surface area contributed by atoms with E-state index in [4.69, 9.17) is 10.3 Å². The Morgan fingerprint density at radius 1 is 1.78 bits per heavy atom. The molecule has 50 valence electrons. The molecular formula is C5H7BrN2O. The van der Waals surface area contributed by atoms with Crippen molar-refractivity contribution in [2.45, 2.75) is 11.9 Å². The van der Waals surface area contributed by atoms with E-state index in [9.17, 15) is 0 Å². The average molecular weight is 191 g/mol. The molecule has 0 bridgehead atoms. The molecule has 0 aliphatic heterocycles. The van der Waals surface area contributed by atoms with Gasteiger partial charge in [-0.25, -0.2) is 0 Å². The summed E-state index contributed by atoms with van der Waals surface area (Å²) < 4.78 is 4.80. The summed E-state index contributed by atoms with van der Waals surface area (Å²) in [5, 5.41) is 4.42. The Kier molecular flexibility index (Phi) is 2.24. The second-order valence-electron chi connectivity index (χ2n) is 1.62. The molecule has 0 aliphatic carbocycles. The van der Waals surface area contributed by atoms with Gasteiger partial charge in [0.15, 0.2) is 5.76 Å². The van der Waals surface area contributed by atoms with Gasteiger partial charge in [-0.15, -0.1) is 0 Å². The summed E-state index contributed by atoms with van der Waals surface area (Å²) in [4.78, 5) is 0. The van der Waals surface area contributed by atoms with Crippen molar-refractivity contribution in [3.05, 3.63) is 17.5 Å². The van der Waals surface area contributed by atoms with Crippen molar-refractivity contribution in [2.75, 3.05) is 0 Å². The van der Waals surface area contributed by atoms with Gasteiger partial charge >= 0.3 is 0 Å². The zero-order valence-electron chi connectivity index (χ0n) is 4.80. The molecule has 1 rings (SSSR count). The summed E-state index contributed by atoms with van der Waals surface area (Å²) in [6.07, 6.45) is 0. The van der Waals surface area contributed by atoms with Crippen LogP contribution in [-0.4, -0.2) is 5.16 Å². The van der Waals surface area contributed by atoms with Crippen molar-refractivity contribution < 1.29 is 4.52 Å². The molecule has 1 aromatic rings. The molecule has 0 amide bonds. The van der Waals surface area contributed by atoms with E-state index in [0.717, 1.165) is 16.8 Å². The van der Waals surface area contributed by atoms with Crippen LogP contribution in [0.3, 0.4) is 0 Å². The van der Waals surface area contributed by atoms with Crippen LogP contribution in [0.5, 0.6) is 0 Å². The van der Waals surface area contributed by atoms with Crippen molar-refractivity contribution in [3.8, 4) is 0 Å². The summed E-state index contributed by atoms with van der Waals surface area (Å²) >= 11 is 3.24. The third-order valence-electron chi connectivity index (χ3n) is 0.946. The highest BCUT2D eigenvalue weighted by atomic mass is 79.9. The first kappa shape index (κ1) is 6.77. The van der Waals surface area contributed by atoms with Gasteiger partial charge in [0, 0.05) is 11.4 Å². The molecule has 0 spiro atoms. The van der Waals surface area contributed by atoms with Crippen molar-refractivity contribution >= 4 is 15.9 Å². The largest absolute Gasteiger partial charge is 0.360 e. The number of alkyl halides is 1. The third kappa shape index (κ3) is 1.53.